The summed E-state index contributed by atoms with van der Waals surface area (Å²) in [5.41, 5.74) is -2.01. The molecule has 3 saturated heterocycles. The van der Waals surface area contributed by atoms with E-state index in [4.69, 9.17) is 28.4 Å². The van der Waals surface area contributed by atoms with E-state index in [1.807, 2.05) is 13.8 Å². The molecule has 0 aromatic heterocycles. The van der Waals surface area contributed by atoms with Gasteiger partial charge in [0.15, 0.2) is 18.7 Å². The van der Waals surface area contributed by atoms with Gasteiger partial charge in [0.1, 0.15) is 67.1 Å². The van der Waals surface area contributed by atoms with Crippen LogP contribution in [0.1, 0.15) is 79.1 Å². The molecule has 3 saturated carbocycles. The number of ether oxygens (including phenoxy) is 6. The Morgan fingerprint density at radius 3 is 1.74 bits per heavy atom. The fraction of sp³-hybridized carbons (Fsp3) is 0.923. The summed E-state index contributed by atoms with van der Waals surface area (Å²) in [6.07, 6.45) is -19.1. The quantitative estimate of drug-likeness (QED) is 0.0861. The number of aliphatic hydroxyl groups is 11. The van der Waals surface area contributed by atoms with Crippen LogP contribution in [-0.2, 0) is 33.2 Å². The van der Waals surface area contributed by atoms with E-state index in [0.717, 1.165) is 18.4 Å². The Labute approximate surface area is 331 Å². The van der Waals surface area contributed by atoms with Crippen molar-refractivity contribution in [2.24, 2.45) is 28.1 Å². The summed E-state index contributed by atoms with van der Waals surface area (Å²) in [5, 5.41) is 114. The van der Waals surface area contributed by atoms with Gasteiger partial charge in [0, 0.05) is 0 Å². The van der Waals surface area contributed by atoms with Crippen molar-refractivity contribution in [3.8, 4) is 0 Å². The minimum absolute atomic E-state index is 0.0529. The van der Waals surface area contributed by atoms with Crippen LogP contribution in [0.5, 0.6) is 0 Å². The van der Waals surface area contributed by atoms with E-state index in [-0.39, 0.29) is 17.3 Å². The molecule has 3 aliphatic carbocycles. The van der Waals surface area contributed by atoms with Crippen LogP contribution in [0.3, 0.4) is 0 Å². The second kappa shape index (κ2) is 16.8. The molecular weight excluding hydrogens is 756 g/mol. The molecule has 11 N–H and O–H groups in total. The van der Waals surface area contributed by atoms with Crippen LogP contribution < -0.4 is 0 Å². The van der Waals surface area contributed by atoms with E-state index in [1.54, 1.807) is 0 Å². The highest BCUT2D eigenvalue weighted by atomic mass is 16.8. The van der Waals surface area contributed by atoms with Crippen LogP contribution in [0.15, 0.2) is 12.2 Å². The van der Waals surface area contributed by atoms with Gasteiger partial charge in [-0.1, -0.05) is 26.8 Å². The van der Waals surface area contributed by atoms with Crippen molar-refractivity contribution < 1.29 is 89.4 Å². The van der Waals surface area contributed by atoms with Gasteiger partial charge in [-0.2, -0.15) is 0 Å². The molecule has 57 heavy (non-hydrogen) atoms. The minimum atomic E-state index is -1.87. The van der Waals surface area contributed by atoms with Gasteiger partial charge >= 0.3 is 5.97 Å². The van der Waals surface area contributed by atoms with Gasteiger partial charge in [0.25, 0.3) is 0 Å². The molecule has 0 aromatic carbocycles. The number of fused-ring (bicyclic) bond motifs is 3. The van der Waals surface area contributed by atoms with Gasteiger partial charge in [-0.15, -0.1) is 0 Å². The molecule has 18 heteroatoms. The Morgan fingerprint density at radius 2 is 1.16 bits per heavy atom. The van der Waals surface area contributed by atoms with E-state index >= 15 is 0 Å². The second-order valence-corrected chi connectivity index (χ2v) is 18.3. The monoisotopic (exact) mass is 820 g/mol. The first kappa shape index (κ1) is 45.1. The number of esters is 1. The molecule has 16 unspecified atom stereocenters. The van der Waals surface area contributed by atoms with Crippen LogP contribution in [0.25, 0.3) is 0 Å². The third-order valence-electron chi connectivity index (χ3n) is 14.8. The molecule has 3 heterocycles. The molecule has 18 nitrogen and oxygen atoms in total. The third kappa shape index (κ3) is 7.85. The van der Waals surface area contributed by atoms with Crippen LogP contribution in [-0.4, -0.2) is 180 Å². The Hall–Kier alpha value is -1.43. The molecule has 0 bridgehead atoms. The highest BCUT2D eigenvalue weighted by Gasteiger charge is 2.64. The van der Waals surface area contributed by atoms with Crippen molar-refractivity contribution in [3.63, 3.8) is 0 Å². The number of hydrogen-bond donors (Lipinski definition) is 11. The summed E-state index contributed by atoms with van der Waals surface area (Å²) in [5.74, 6) is -0.813. The van der Waals surface area contributed by atoms with Crippen molar-refractivity contribution in [1.29, 1.82) is 0 Å². The highest BCUT2D eigenvalue weighted by Crippen LogP contribution is 2.68. The second-order valence-electron chi connectivity index (χ2n) is 18.3. The maximum Gasteiger partial charge on any atom is 0.314 e. The Morgan fingerprint density at radius 1 is 0.649 bits per heavy atom. The topological polar surface area (TPSA) is 295 Å². The van der Waals surface area contributed by atoms with Gasteiger partial charge < -0.3 is 84.6 Å². The van der Waals surface area contributed by atoms with Crippen LogP contribution in [0, 0.1) is 28.1 Å². The average Bonchev–Trinajstić information content (AvgIpc) is 3.27. The van der Waals surface area contributed by atoms with Crippen molar-refractivity contribution in [3.05, 3.63) is 12.2 Å². The lowest BCUT2D eigenvalue weighted by Gasteiger charge is -2.62. The summed E-state index contributed by atoms with van der Waals surface area (Å²) in [4.78, 5) is 14.6. The molecule has 3 aliphatic heterocycles. The maximum absolute atomic E-state index is 14.6. The van der Waals surface area contributed by atoms with Crippen LogP contribution >= 0.6 is 0 Å². The summed E-state index contributed by atoms with van der Waals surface area (Å²) >= 11 is 0. The molecule has 6 fully saturated rings. The first-order chi connectivity index (χ1) is 26.7. The lowest BCUT2D eigenvalue weighted by atomic mass is 9.42. The fourth-order valence-electron chi connectivity index (χ4n) is 11.3. The van der Waals surface area contributed by atoms with Gasteiger partial charge in [0.2, 0.25) is 6.29 Å². The lowest BCUT2D eigenvalue weighted by Crippen LogP contribution is -2.65. The van der Waals surface area contributed by atoms with Gasteiger partial charge in [-0.25, -0.2) is 0 Å². The zero-order valence-electron chi connectivity index (χ0n) is 33.1. The number of rotatable bonds is 9. The SMILES string of the molecule is C=C1C[C@@]2(C)CCC3[C@](C)(C(=O)OC4OC(CO)C(O)C(O)C4OC4OC(CO)C(O)C(O)C4O)CCC[C@@]3(C)[C@@H]2CC[C@@]1(C)OC1OC(CO)C(O)C(O)C1O. The lowest BCUT2D eigenvalue weighted by molar-refractivity contribution is -0.363. The van der Waals surface area contributed by atoms with Crippen LogP contribution in [0.4, 0.5) is 0 Å². The summed E-state index contributed by atoms with van der Waals surface area (Å²) in [6.45, 7) is 10.4. The van der Waals surface area contributed by atoms with Gasteiger partial charge in [-0.3, -0.25) is 4.79 Å². The first-order valence-corrected chi connectivity index (χ1v) is 20.2. The zero-order chi connectivity index (χ0) is 42.0. The van der Waals surface area contributed by atoms with Crippen molar-refractivity contribution in [2.75, 3.05) is 19.8 Å². The van der Waals surface area contributed by atoms with E-state index in [9.17, 15) is 61.0 Å². The number of hydrogen-bond acceptors (Lipinski definition) is 18. The zero-order valence-corrected chi connectivity index (χ0v) is 33.1. The normalized spacial score (nSPS) is 53.3. The highest BCUT2D eigenvalue weighted by molar-refractivity contribution is 5.77. The summed E-state index contributed by atoms with van der Waals surface area (Å²) in [6, 6.07) is 0. The van der Waals surface area contributed by atoms with E-state index in [2.05, 4.69) is 20.4 Å². The minimum Gasteiger partial charge on any atom is -0.432 e. The molecule has 21 atom stereocenters. The van der Waals surface area contributed by atoms with Gasteiger partial charge in [0.05, 0.1) is 30.8 Å². The van der Waals surface area contributed by atoms with E-state index in [0.29, 0.717) is 38.5 Å². The molecule has 0 spiro atoms. The molecule has 6 rings (SSSR count). The average molecular weight is 821 g/mol. The van der Waals surface area contributed by atoms with Gasteiger partial charge in [-0.05, 0) is 87.0 Å². The largest absolute Gasteiger partial charge is 0.432 e. The number of carbonyl (C=O) groups excluding carboxylic acids is 1. The molecule has 0 aromatic rings. The fourth-order valence-corrected chi connectivity index (χ4v) is 11.3. The predicted molar refractivity (Wildman–Crippen MR) is 193 cm³/mol. The molecule has 328 valence electrons. The van der Waals surface area contributed by atoms with Crippen molar-refractivity contribution >= 4 is 5.97 Å². The van der Waals surface area contributed by atoms with E-state index in [1.165, 1.54) is 0 Å². The maximum atomic E-state index is 14.6. The summed E-state index contributed by atoms with van der Waals surface area (Å²) < 4.78 is 35.3. The van der Waals surface area contributed by atoms with E-state index < -0.39 is 134 Å². The molecule has 0 amide bonds. The molecular formula is C39H64O18. The number of aliphatic hydroxyl groups excluding tert-OH is 11. The number of carbonyl (C=O) groups is 1. The molecule has 0 radical (unpaired) electrons. The third-order valence-corrected chi connectivity index (χ3v) is 14.8. The standard InChI is InChI=1S/C39H64O18/c1-17-13-36(2)11-7-22-37(3,21(36)8-12-39(17,5)57-33-30(50)27(47)24(44)19(15-41)53-33)9-6-10-38(22,4)35(51)56-34-31(28(48)25(45)20(16-42)54-34)55-32-29(49)26(46)23(43)18(14-40)52-32/h18-34,40-50H,1,6-16H2,2-5H3/t18?,19?,20?,21-,22?,23?,24?,25?,26?,27?,28?,29?,30?,31?,32?,33?,34?,36-,37+,38-,39-/m1/s1. The predicted octanol–water partition coefficient (Wildman–Crippen LogP) is -2.30. The Bertz CT molecular complexity index is 1430. The van der Waals surface area contributed by atoms with Crippen molar-refractivity contribution in [1.82, 2.24) is 0 Å². The summed E-state index contributed by atoms with van der Waals surface area (Å²) in [7, 11) is 0. The first-order valence-electron chi connectivity index (χ1n) is 20.2. The Kier molecular flexibility index (Phi) is 13.3. The smallest absolute Gasteiger partial charge is 0.314 e. The van der Waals surface area contributed by atoms with Crippen molar-refractivity contribution in [2.45, 2.75) is 177 Å². The Balaban J connectivity index is 1.22. The molecule has 6 aliphatic rings. The van der Waals surface area contributed by atoms with Crippen LogP contribution in [0.2, 0.25) is 0 Å².